The molecule has 0 aromatic carbocycles. The van der Waals surface area contributed by atoms with E-state index in [4.69, 9.17) is 24.3 Å². The maximum atomic E-state index is 12.5. The van der Waals surface area contributed by atoms with Crippen molar-refractivity contribution in [2.24, 2.45) is 5.73 Å². The fraction of sp³-hybridized carbons (Fsp3) is 0.500. The summed E-state index contributed by atoms with van der Waals surface area (Å²) in [5, 5.41) is 44.6. The summed E-state index contributed by atoms with van der Waals surface area (Å²) in [6.07, 6.45) is -6.59. The van der Waals surface area contributed by atoms with Crippen LogP contribution in [0.15, 0.2) is 37.2 Å². The minimum atomic E-state index is -5.37. The lowest BCUT2D eigenvalue weighted by atomic mass is 10.1. The zero-order valence-corrected chi connectivity index (χ0v) is 24.9. The molecule has 21 nitrogen and oxygen atoms in total. The Hall–Kier alpha value is -3.01. The Morgan fingerprint density at radius 1 is 1.02 bits per heavy atom. The molecule has 3 aromatic heterocycles. The molecular formula is C22H30N7O14P2+. The number of nitrogens with two attached hydrogens (primary N) is 1. The van der Waals surface area contributed by atoms with Crippen molar-refractivity contribution in [1.29, 1.82) is 0 Å². The highest BCUT2D eigenvalue weighted by Gasteiger charge is 2.50. The van der Waals surface area contributed by atoms with E-state index in [9.17, 15) is 44.1 Å². The van der Waals surface area contributed by atoms with Gasteiger partial charge in [-0.05, 0) is 6.07 Å². The van der Waals surface area contributed by atoms with E-state index >= 15 is 0 Å². The van der Waals surface area contributed by atoms with Gasteiger partial charge in [0.2, 0.25) is 0 Å². The van der Waals surface area contributed by atoms with E-state index in [1.54, 1.807) is 7.05 Å². The van der Waals surface area contributed by atoms with Crippen LogP contribution in [0.3, 0.4) is 0 Å². The number of aliphatic hydroxyl groups excluding tert-OH is 4. The van der Waals surface area contributed by atoms with Crippen LogP contribution in [0.1, 0.15) is 22.8 Å². The van der Waals surface area contributed by atoms with Crippen molar-refractivity contribution in [2.45, 2.75) is 49.1 Å². The molecule has 2 aliphatic heterocycles. The smallest absolute Gasteiger partial charge is 0.387 e. The number of rotatable bonds is 12. The van der Waals surface area contributed by atoms with Gasteiger partial charge in [-0.25, -0.2) is 24.1 Å². The van der Waals surface area contributed by atoms with Crippen LogP contribution in [0.5, 0.6) is 0 Å². The molecule has 3 aromatic rings. The molecule has 246 valence electrons. The largest absolute Gasteiger partial charge is 0.481 e. The van der Waals surface area contributed by atoms with Crippen LogP contribution in [-0.2, 0) is 32.0 Å². The Morgan fingerprint density at radius 2 is 1.67 bits per heavy atom. The first-order valence-electron chi connectivity index (χ1n) is 13.1. The Kier molecular flexibility index (Phi) is 9.64. The van der Waals surface area contributed by atoms with Gasteiger partial charge in [0.1, 0.15) is 47.9 Å². The molecule has 1 amide bonds. The number of amides is 1. The zero-order valence-electron chi connectivity index (χ0n) is 23.2. The molecule has 45 heavy (non-hydrogen) atoms. The fourth-order valence-electron chi connectivity index (χ4n) is 4.74. The molecule has 2 aliphatic rings. The summed E-state index contributed by atoms with van der Waals surface area (Å²) in [7, 11) is -9.12. The standard InChI is InChI=1S/C22H29N7O14P2/c1-24-19-13-20(26-8-25-19)29(9-27-13)22-17(33)15(31)12(42-22)7-40-45(37,38)43-44(35,36)39-6-11-14(30)16(32)21(41-11)28-4-2-3-10(5-28)18(23)34/h2-5,8-9,11-12,14-17,21-22,30-33H,6-7H2,1H3,(H4-,23,24,25,26,34,35,36,37,38)/p+1/t11-,12-,14-,15-,16-,17-,21-,22-/m1/s1. The molecule has 5 heterocycles. The second-order valence-corrected chi connectivity index (χ2v) is 12.9. The van der Waals surface area contributed by atoms with Crippen molar-refractivity contribution < 1.29 is 71.5 Å². The highest BCUT2D eigenvalue weighted by molar-refractivity contribution is 7.61. The van der Waals surface area contributed by atoms with Gasteiger partial charge in [-0.1, -0.05) is 0 Å². The summed E-state index contributed by atoms with van der Waals surface area (Å²) < 4.78 is 52.3. The molecule has 0 bridgehead atoms. The maximum Gasteiger partial charge on any atom is 0.481 e. The Labute approximate surface area is 253 Å². The van der Waals surface area contributed by atoms with Gasteiger partial charge in [0.25, 0.3) is 12.1 Å². The molecule has 5 rings (SSSR count). The summed E-state index contributed by atoms with van der Waals surface area (Å²) in [5.74, 6) is -0.374. The number of carbonyl (C=O) groups excluding carboxylic acids is 1. The zero-order chi connectivity index (χ0) is 32.7. The number of hydrogen-bond donors (Lipinski definition) is 8. The number of imidazole rings is 1. The molecule has 2 unspecified atom stereocenters. The number of pyridine rings is 1. The molecule has 23 heteroatoms. The van der Waals surface area contributed by atoms with Crippen LogP contribution >= 0.6 is 15.6 Å². The number of aromatic nitrogens is 5. The van der Waals surface area contributed by atoms with Gasteiger partial charge in [0.05, 0.1) is 19.5 Å². The van der Waals surface area contributed by atoms with Gasteiger partial charge in [-0.3, -0.25) is 18.4 Å². The van der Waals surface area contributed by atoms with Gasteiger partial charge < -0.3 is 50.7 Å². The predicted octanol–water partition coefficient (Wildman–Crippen LogP) is -2.56. The Balaban J connectivity index is 1.16. The predicted molar refractivity (Wildman–Crippen MR) is 145 cm³/mol. The maximum absolute atomic E-state index is 12.5. The van der Waals surface area contributed by atoms with E-state index < -0.39 is 83.8 Å². The first-order chi connectivity index (χ1) is 21.2. The van der Waals surface area contributed by atoms with E-state index in [-0.39, 0.29) is 11.2 Å². The lowest BCUT2D eigenvalue weighted by molar-refractivity contribution is -0.765. The summed E-state index contributed by atoms with van der Waals surface area (Å²) in [6.45, 7) is -1.78. The summed E-state index contributed by atoms with van der Waals surface area (Å²) >= 11 is 0. The quantitative estimate of drug-likeness (QED) is 0.0722. The van der Waals surface area contributed by atoms with E-state index in [0.29, 0.717) is 11.3 Å². The van der Waals surface area contributed by atoms with Gasteiger partial charge in [-0.15, -0.1) is 0 Å². The number of nitrogens with one attached hydrogen (secondary N) is 1. The van der Waals surface area contributed by atoms with Crippen molar-refractivity contribution >= 4 is 38.5 Å². The molecule has 2 fully saturated rings. The molecule has 2 saturated heterocycles. The summed E-state index contributed by atoms with van der Waals surface area (Å²) in [5.41, 5.74) is 5.91. The van der Waals surface area contributed by atoms with E-state index in [1.165, 1.54) is 46.3 Å². The van der Waals surface area contributed by atoms with E-state index in [0.717, 1.165) is 0 Å². The number of primary amides is 1. The Bertz CT molecular complexity index is 1650. The van der Waals surface area contributed by atoms with Gasteiger partial charge in [0.15, 0.2) is 36.2 Å². The first kappa shape index (κ1) is 33.4. The van der Waals surface area contributed by atoms with Gasteiger partial charge >= 0.3 is 15.6 Å². The van der Waals surface area contributed by atoms with Crippen molar-refractivity contribution in [2.75, 3.05) is 25.6 Å². The topological polar surface area (TPSA) is 304 Å². The highest BCUT2D eigenvalue weighted by Crippen LogP contribution is 2.60. The van der Waals surface area contributed by atoms with E-state index in [1.807, 2.05) is 0 Å². The highest BCUT2D eigenvalue weighted by atomic mass is 31.3. The normalized spacial score (nSPS) is 31.1. The van der Waals surface area contributed by atoms with Crippen molar-refractivity contribution in [1.82, 2.24) is 19.5 Å². The minimum absolute atomic E-state index is 0.0721. The molecular weight excluding hydrogens is 648 g/mol. The lowest BCUT2D eigenvalue weighted by Gasteiger charge is -2.20. The number of hydrogen-bond acceptors (Lipinski definition) is 16. The first-order valence-corrected chi connectivity index (χ1v) is 16.1. The second-order valence-electron chi connectivity index (χ2n) is 9.90. The third-order valence-electron chi connectivity index (χ3n) is 6.95. The fourth-order valence-corrected chi connectivity index (χ4v) is 6.83. The number of carbonyl (C=O) groups is 1. The van der Waals surface area contributed by atoms with Crippen molar-refractivity contribution in [3.05, 3.63) is 42.7 Å². The second kappa shape index (κ2) is 13.0. The molecule has 0 radical (unpaired) electrons. The number of aliphatic hydroxyl groups is 4. The van der Waals surface area contributed by atoms with Crippen LogP contribution in [0.25, 0.3) is 11.2 Å². The lowest BCUT2D eigenvalue weighted by Crippen LogP contribution is -2.46. The van der Waals surface area contributed by atoms with Crippen molar-refractivity contribution in [3.63, 3.8) is 0 Å². The summed E-state index contributed by atoms with van der Waals surface area (Å²) in [4.78, 5) is 43.8. The molecule has 9 N–H and O–H groups in total. The molecule has 0 spiro atoms. The van der Waals surface area contributed by atoms with Crippen LogP contribution < -0.4 is 15.6 Å². The van der Waals surface area contributed by atoms with Crippen molar-refractivity contribution in [3.8, 4) is 0 Å². The number of fused-ring (bicyclic) bond motifs is 1. The SMILES string of the molecule is CNc1ncnc2c1ncn2[C@@H]1O[C@H](COP(=O)(O)OP(=O)(O)OC[C@H]2O[C@@H]([n+]3cccc(C(N)=O)c3)[C@H](O)[C@@H]2O)[C@@H](O)[C@H]1O. The van der Waals surface area contributed by atoms with Crippen LogP contribution in [-0.4, -0.2) is 113 Å². The molecule has 0 saturated carbocycles. The van der Waals surface area contributed by atoms with Crippen LogP contribution in [0, 0.1) is 0 Å². The Morgan fingerprint density at radius 3 is 2.31 bits per heavy atom. The molecule has 10 atom stereocenters. The number of anilines is 1. The number of phosphoric acid groups is 2. The third-order valence-corrected chi connectivity index (χ3v) is 9.56. The third kappa shape index (κ3) is 7.05. The van der Waals surface area contributed by atoms with Gasteiger partial charge in [-0.2, -0.15) is 8.88 Å². The number of phosphoric ester groups is 2. The van der Waals surface area contributed by atoms with Crippen LogP contribution in [0.2, 0.25) is 0 Å². The van der Waals surface area contributed by atoms with Gasteiger partial charge in [0, 0.05) is 13.1 Å². The van der Waals surface area contributed by atoms with Crippen LogP contribution in [0.4, 0.5) is 5.82 Å². The van der Waals surface area contributed by atoms with E-state index in [2.05, 4.69) is 24.6 Å². The minimum Gasteiger partial charge on any atom is -0.387 e. The number of ether oxygens (including phenoxy) is 2. The monoisotopic (exact) mass is 678 g/mol. The average Bonchev–Trinajstić information content (AvgIpc) is 3.64. The average molecular weight is 678 g/mol. The number of nitrogens with zero attached hydrogens (tertiary/aromatic N) is 5. The molecule has 0 aliphatic carbocycles. The summed E-state index contributed by atoms with van der Waals surface area (Å²) in [6, 6.07) is 2.84.